The van der Waals surface area contributed by atoms with Crippen molar-refractivity contribution in [1.82, 2.24) is 9.71 Å². The van der Waals surface area contributed by atoms with Crippen LogP contribution in [0, 0.1) is 19.1 Å². The molecular weight excluding hydrogens is 224 g/mol. The second kappa shape index (κ2) is 4.86. The highest BCUT2D eigenvalue weighted by Gasteiger charge is 2.16. The second-order valence-corrected chi connectivity index (χ2v) is 3.86. The topological polar surface area (TPSA) is 96.7 Å². The van der Waals surface area contributed by atoms with Gasteiger partial charge in [-0.15, -0.1) is 0 Å². The van der Waals surface area contributed by atoms with Gasteiger partial charge in [0.05, 0.1) is 11.4 Å². The number of aromatic nitrogens is 2. The molecule has 0 unspecified atom stereocenters. The zero-order valence-corrected chi connectivity index (χ0v) is 10.2. The molecule has 0 saturated heterocycles. The van der Waals surface area contributed by atoms with E-state index < -0.39 is 6.04 Å². The first kappa shape index (κ1) is 13.0. The van der Waals surface area contributed by atoms with Gasteiger partial charge in [-0.05, 0) is 20.8 Å². The van der Waals surface area contributed by atoms with Gasteiger partial charge in [-0.3, -0.25) is 0 Å². The molecule has 1 atom stereocenters. The van der Waals surface area contributed by atoms with E-state index in [0.29, 0.717) is 16.1 Å². The molecule has 0 aliphatic heterocycles. The lowest BCUT2D eigenvalue weighted by atomic mass is 10.2. The van der Waals surface area contributed by atoms with Crippen molar-refractivity contribution in [2.75, 3.05) is 0 Å². The average Bonchev–Trinajstić information content (AvgIpc) is 2.55. The maximum Gasteiger partial charge on any atom is 0.233 e. The van der Waals surface area contributed by atoms with Crippen LogP contribution in [0.1, 0.15) is 31.1 Å². The molecule has 17 heavy (non-hydrogen) atoms. The SMILES string of the molecule is C/C(=N/O)[C@H](C)/[N+]([O-])=C/c1nc(C)c(C)n1O. The van der Waals surface area contributed by atoms with Gasteiger partial charge in [0, 0.05) is 6.92 Å². The third-order valence-corrected chi connectivity index (χ3v) is 2.73. The summed E-state index contributed by atoms with van der Waals surface area (Å²) in [6, 6.07) is -0.627. The van der Waals surface area contributed by atoms with Crippen molar-refractivity contribution in [3.63, 3.8) is 0 Å². The van der Waals surface area contributed by atoms with Crippen LogP contribution in [0.3, 0.4) is 0 Å². The fraction of sp³-hybridized carbons (Fsp3) is 0.500. The summed E-state index contributed by atoms with van der Waals surface area (Å²) < 4.78 is 1.42. The van der Waals surface area contributed by atoms with Gasteiger partial charge in [-0.25, -0.2) is 9.72 Å². The van der Waals surface area contributed by atoms with Crippen LogP contribution in [0.25, 0.3) is 0 Å². The molecule has 0 radical (unpaired) electrons. The Kier molecular flexibility index (Phi) is 3.72. The quantitative estimate of drug-likeness (QED) is 0.205. The predicted molar refractivity (Wildman–Crippen MR) is 62.0 cm³/mol. The first-order chi connectivity index (χ1) is 7.88. The highest BCUT2D eigenvalue weighted by Crippen LogP contribution is 2.05. The normalized spacial score (nSPS) is 15.1. The van der Waals surface area contributed by atoms with Crippen LogP contribution >= 0.6 is 0 Å². The number of aryl methyl sites for hydroxylation is 1. The molecule has 0 aliphatic rings. The van der Waals surface area contributed by atoms with Crippen molar-refractivity contribution in [2.45, 2.75) is 33.7 Å². The summed E-state index contributed by atoms with van der Waals surface area (Å²) in [6.07, 6.45) is 1.15. The molecule has 0 saturated carbocycles. The summed E-state index contributed by atoms with van der Waals surface area (Å²) in [5.41, 5.74) is 1.50. The Morgan fingerprint density at radius 3 is 2.59 bits per heavy atom. The fourth-order valence-corrected chi connectivity index (χ4v) is 1.20. The van der Waals surface area contributed by atoms with Gasteiger partial charge in [-0.1, -0.05) is 5.16 Å². The Morgan fingerprint density at radius 2 is 2.18 bits per heavy atom. The molecule has 7 heteroatoms. The van der Waals surface area contributed by atoms with Crippen molar-refractivity contribution in [3.05, 3.63) is 22.4 Å². The number of oxime groups is 1. The number of imidazole rings is 1. The fourth-order valence-electron chi connectivity index (χ4n) is 1.20. The van der Waals surface area contributed by atoms with Crippen LogP contribution in [-0.4, -0.2) is 42.8 Å². The van der Waals surface area contributed by atoms with Crippen LogP contribution in [-0.2, 0) is 0 Å². The largest absolute Gasteiger partial charge is 0.623 e. The van der Waals surface area contributed by atoms with Gasteiger partial charge in [0.1, 0.15) is 5.71 Å². The molecule has 1 aromatic heterocycles. The zero-order valence-electron chi connectivity index (χ0n) is 10.2. The van der Waals surface area contributed by atoms with Crippen molar-refractivity contribution in [1.29, 1.82) is 0 Å². The van der Waals surface area contributed by atoms with Gasteiger partial charge in [0.25, 0.3) is 0 Å². The maximum atomic E-state index is 11.7. The number of hydrogen-bond donors (Lipinski definition) is 2. The van der Waals surface area contributed by atoms with Crippen molar-refractivity contribution >= 4 is 11.9 Å². The number of hydroxylamine groups is 1. The third kappa shape index (κ3) is 2.55. The first-order valence-electron chi connectivity index (χ1n) is 5.12. The number of nitrogens with zero attached hydrogens (tertiary/aromatic N) is 4. The summed E-state index contributed by atoms with van der Waals surface area (Å²) in [5.74, 6) is 0.146. The molecule has 1 heterocycles. The molecular formula is C10H16N4O3. The van der Waals surface area contributed by atoms with E-state index in [9.17, 15) is 10.4 Å². The van der Waals surface area contributed by atoms with Gasteiger partial charge >= 0.3 is 0 Å². The van der Waals surface area contributed by atoms with E-state index in [-0.39, 0.29) is 11.5 Å². The molecule has 0 aliphatic carbocycles. The summed E-state index contributed by atoms with van der Waals surface area (Å²) >= 11 is 0. The maximum absolute atomic E-state index is 11.7. The highest BCUT2D eigenvalue weighted by molar-refractivity contribution is 5.86. The monoisotopic (exact) mass is 240 g/mol. The molecule has 0 fully saturated rings. The minimum Gasteiger partial charge on any atom is -0.623 e. The Balaban J connectivity index is 3.07. The molecule has 1 aromatic rings. The molecule has 94 valence electrons. The van der Waals surface area contributed by atoms with E-state index in [1.807, 2.05) is 0 Å². The zero-order chi connectivity index (χ0) is 13.2. The van der Waals surface area contributed by atoms with E-state index in [4.69, 9.17) is 5.21 Å². The minimum atomic E-state index is -0.627. The van der Waals surface area contributed by atoms with Crippen LogP contribution in [0.4, 0.5) is 0 Å². The van der Waals surface area contributed by atoms with Gasteiger partial charge in [0.2, 0.25) is 18.1 Å². The summed E-state index contributed by atoms with van der Waals surface area (Å²) in [7, 11) is 0. The Hall–Kier alpha value is -2.05. The second-order valence-electron chi connectivity index (χ2n) is 3.86. The van der Waals surface area contributed by atoms with Crippen molar-refractivity contribution in [2.24, 2.45) is 5.16 Å². The van der Waals surface area contributed by atoms with Gasteiger partial charge < -0.3 is 15.6 Å². The molecule has 0 spiro atoms. The lowest BCUT2D eigenvalue weighted by molar-refractivity contribution is -0.472. The molecule has 0 amide bonds. The van der Waals surface area contributed by atoms with E-state index in [2.05, 4.69) is 10.1 Å². The van der Waals surface area contributed by atoms with Gasteiger partial charge in [-0.2, -0.15) is 4.73 Å². The molecule has 1 rings (SSSR count). The van der Waals surface area contributed by atoms with E-state index in [0.717, 1.165) is 10.9 Å². The number of hydrogen-bond acceptors (Lipinski definition) is 5. The van der Waals surface area contributed by atoms with Crippen LogP contribution < -0.4 is 0 Å². The standard InChI is InChI=1S/C10H16N4O3/c1-6-9(4)14(17)10(11-6)5-13(16)8(3)7(2)12-15/h5,8,15,17H,1-4H3/b12-7-,13-5-/t8-/m0/s1. The highest BCUT2D eigenvalue weighted by atomic mass is 16.5. The van der Waals surface area contributed by atoms with E-state index >= 15 is 0 Å². The van der Waals surface area contributed by atoms with Gasteiger partial charge in [0.15, 0.2) is 0 Å². The van der Waals surface area contributed by atoms with E-state index in [1.54, 1.807) is 20.8 Å². The Bertz CT molecular complexity index is 476. The van der Waals surface area contributed by atoms with Crippen LogP contribution in [0.2, 0.25) is 0 Å². The third-order valence-electron chi connectivity index (χ3n) is 2.73. The van der Waals surface area contributed by atoms with Crippen LogP contribution in [0.15, 0.2) is 5.16 Å². The Morgan fingerprint density at radius 1 is 1.59 bits per heavy atom. The predicted octanol–water partition coefficient (Wildman–Crippen LogP) is 0.905. The molecule has 0 bridgehead atoms. The summed E-state index contributed by atoms with van der Waals surface area (Å²) in [4.78, 5) is 4.03. The molecule has 7 nitrogen and oxygen atoms in total. The lowest BCUT2D eigenvalue weighted by Crippen LogP contribution is -2.27. The smallest absolute Gasteiger partial charge is 0.233 e. The molecule has 2 N–H and O–H groups in total. The average molecular weight is 240 g/mol. The van der Waals surface area contributed by atoms with Crippen molar-refractivity contribution in [3.8, 4) is 0 Å². The van der Waals surface area contributed by atoms with E-state index in [1.165, 1.54) is 6.92 Å². The minimum absolute atomic E-state index is 0.146. The summed E-state index contributed by atoms with van der Waals surface area (Å²) in [5, 5.41) is 32.8. The van der Waals surface area contributed by atoms with Crippen LogP contribution in [0.5, 0.6) is 0 Å². The number of rotatable bonds is 3. The Labute approximate surface area is 98.9 Å². The lowest BCUT2D eigenvalue weighted by Gasteiger charge is -2.10. The van der Waals surface area contributed by atoms with Crippen molar-refractivity contribution < 1.29 is 15.2 Å². The first-order valence-corrected chi connectivity index (χ1v) is 5.12. The molecule has 0 aromatic carbocycles. The summed E-state index contributed by atoms with van der Waals surface area (Å²) in [6.45, 7) is 6.55.